The number of anilines is 1. The van der Waals surface area contributed by atoms with Crippen molar-refractivity contribution in [2.24, 2.45) is 0 Å². The molecule has 6 nitrogen and oxygen atoms in total. The largest absolute Gasteiger partial charge is 0.453 e. The predicted octanol–water partition coefficient (Wildman–Crippen LogP) is 3.27. The summed E-state index contributed by atoms with van der Waals surface area (Å²) in [6.07, 6.45) is -3.81. The van der Waals surface area contributed by atoms with Crippen molar-refractivity contribution in [1.29, 1.82) is 0 Å². The van der Waals surface area contributed by atoms with Crippen molar-refractivity contribution in [3.05, 3.63) is 53.0 Å². The molecule has 0 aliphatic carbocycles. The van der Waals surface area contributed by atoms with Crippen molar-refractivity contribution in [2.75, 3.05) is 5.32 Å². The second-order valence-electron chi connectivity index (χ2n) is 5.43. The van der Waals surface area contributed by atoms with E-state index >= 15 is 0 Å². The SMILES string of the molecule is CCc1ccc(C(=O)Nc2cc(C)n3nc(C(F)(F)F)nc3n2)cc1. The molecule has 3 rings (SSSR count). The molecule has 0 saturated carbocycles. The quantitative estimate of drug-likeness (QED) is 0.788. The second-order valence-corrected chi connectivity index (χ2v) is 5.43. The van der Waals surface area contributed by atoms with E-state index in [4.69, 9.17) is 0 Å². The maximum atomic E-state index is 12.7. The molecular formula is C16H14F3N5O. The Balaban J connectivity index is 1.89. The van der Waals surface area contributed by atoms with Crippen LogP contribution >= 0.6 is 0 Å². The fourth-order valence-electron chi connectivity index (χ4n) is 2.28. The van der Waals surface area contributed by atoms with Crippen LogP contribution in [0.25, 0.3) is 5.78 Å². The topological polar surface area (TPSA) is 72.2 Å². The highest BCUT2D eigenvalue weighted by Crippen LogP contribution is 2.26. The van der Waals surface area contributed by atoms with Crippen LogP contribution < -0.4 is 5.32 Å². The molecule has 1 aromatic carbocycles. The number of carbonyl (C=O) groups excluding carboxylic acids is 1. The Hall–Kier alpha value is -2.97. The smallest absolute Gasteiger partial charge is 0.306 e. The van der Waals surface area contributed by atoms with Gasteiger partial charge in [-0.15, -0.1) is 5.10 Å². The number of fused-ring (bicyclic) bond motifs is 1. The van der Waals surface area contributed by atoms with Crippen LogP contribution in [0.5, 0.6) is 0 Å². The van der Waals surface area contributed by atoms with Crippen molar-refractivity contribution in [3.8, 4) is 0 Å². The van der Waals surface area contributed by atoms with Gasteiger partial charge in [-0.25, -0.2) is 4.52 Å². The maximum Gasteiger partial charge on any atom is 0.453 e. The fraction of sp³-hybridized carbons (Fsp3) is 0.250. The molecule has 3 aromatic rings. The summed E-state index contributed by atoms with van der Waals surface area (Å²) in [5, 5.41) is 5.95. The van der Waals surface area contributed by atoms with E-state index < -0.39 is 17.9 Å². The van der Waals surface area contributed by atoms with Crippen LogP contribution in [0.4, 0.5) is 19.0 Å². The molecule has 0 unspecified atom stereocenters. The third kappa shape index (κ3) is 3.44. The number of amides is 1. The van der Waals surface area contributed by atoms with Crippen LogP contribution in [-0.4, -0.2) is 25.5 Å². The molecule has 0 atom stereocenters. The van der Waals surface area contributed by atoms with Gasteiger partial charge in [-0.3, -0.25) is 4.79 Å². The zero-order valence-corrected chi connectivity index (χ0v) is 13.4. The highest BCUT2D eigenvalue weighted by molar-refractivity contribution is 6.03. The van der Waals surface area contributed by atoms with Crippen LogP contribution in [0.2, 0.25) is 0 Å². The van der Waals surface area contributed by atoms with E-state index in [9.17, 15) is 18.0 Å². The van der Waals surface area contributed by atoms with Gasteiger partial charge in [0.25, 0.3) is 17.5 Å². The summed E-state index contributed by atoms with van der Waals surface area (Å²) in [4.78, 5) is 19.6. The molecule has 0 fully saturated rings. The number of aryl methyl sites for hydroxylation is 2. The Kier molecular flexibility index (Phi) is 4.15. The molecule has 0 aliphatic rings. The Labute approximate surface area is 140 Å². The van der Waals surface area contributed by atoms with Crippen LogP contribution in [0.1, 0.15) is 34.4 Å². The van der Waals surface area contributed by atoms with Gasteiger partial charge >= 0.3 is 6.18 Å². The van der Waals surface area contributed by atoms with Gasteiger partial charge in [0.1, 0.15) is 5.82 Å². The van der Waals surface area contributed by atoms with Crippen LogP contribution in [0.15, 0.2) is 30.3 Å². The highest BCUT2D eigenvalue weighted by atomic mass is 19.4. The first-order valence-corrected chi connectivity index (χ1v) is 7.50. The van der Waals surface area contributed by atoms with Gasteiger partial charge in [-0.2, -0.15) is 23.1 Å². The molecule has 1 N–H and O–H groups in total. The molecule has 0 aliphatic heterocycles. The zero-order valence-electron chi connectivity index (χ0n) is 13.4. The Morgan fingerprint density at radius 1 is 1.20 bits per heavy atom. The van der Waals surface area contributed by atoms with Gasteiger partial charge in [0, 0.05) is 17.3 Å². The molecule has 0 radical (unpaired) electrons. The van der Waals surface area contributed by atoms with Crippen molar-refractivity contribution in [1.82, 2.24) is 19.6 Å². The third-order valence-electron chi connectivity index (χ3n) is 3.61. The van der Waals surface area contributed by atoms with E-state index in [1.807, 2.05) is 19.1 Å². The number of alkyl halides is 3. The summed E-state index contributed by atoms with van der Waals surface area (Å²) in [6, 6.07) is 8.47. The van der Waals surface area contributed by atoms with Gasteiger partial charge in [-0.05, 0) is 31.0 Å². The minimum absolute atomic E-state index is 0.107. The molecule has 0 bridgehead atoms. The molecule has 0 saturated heterocycles. The molecule has 2 aromatic heterocycles. The second kappa shape index (κ2) is 6.15. The number of aromatic nitrogens is 4. The summed E-state index contributed by atoms with van der Waals surface area (Å²) in [5.41, 5.74) is 1.88. The van der Waals surface area contributed by atoms with Crippen LogP contribution in [0.3, 0.4) is 0 Å². The molecular weight excluding hydrogens is 335 g/mol. The van der Waals surface area contributed by atoms with Crippen molar-refractivity contribution >= 4 is 17.5 Å². The van der Waals surface area contributed by atoms with Gasteiger partial charge in [0.2, 0.25) is 0 Å². The molecule has 130 valence electrons. The monoisotopic (exact) mass is 349 g/mol. The van der Waals surface area contributed by atoms with Crippen molar-refractivity contribution in [2.45, 2.75) is 26.4 Å². The predicted molar refractivity (Wildman–Crippen MR) is 84.3 cm³/mol. The van der Waals surface area contributed by atoms with E-state index in [1.165, 1.54) is 6.07 Å². The lowest BCUT2D eigenvalue weighted by Crippen LogP contribution is -2.14. The number of rotatable bonds is 3. The molecule has 0 spiro atoms. The summed E-state index contributed by atoms with van der Waals surface area (Å²) >= 11 is 0. The first kappa shape index (κ1) is 16.9. The van der Waals surface area contributed by atoms with Gasteiger partial charge in [0.05, 0.1) is 0 Å². The van der Waals surface area contributed by atoms with Crippen LogP contribution in [0, 0.1) is 6.92 Å². The van der Waals surface area contributed by atoms with Gasteiger partial charge < -0.3 is 5.32 Å². The first-order valence-electron chi connectivity index (χ1n) is 7.50. The van der Waals surface area contributed by atoms with E-state index in [0.29, 0.717) is 11.3 Å². The Morgan fingerprint density at radius 2 is 1.88 bits per heavy atom. The number of hydrogen-bond acceptors (Lipinski definition) is 4. The minimum atomic E-state index is -4.66. The first-order chi connectivity index (χ1) is 11.8. The van der Waals surface area contributed by atoms with Gasteiger partial charge in [-0.1, -0.05) is 19.1 Å². The number of halogens is 3. The van der Waals surface area contributed by atoms with E-state index in [2.05, 4.69) is 20.4 Å². The number of nitrogens with one attached hydrogen (secondary N) is 1. The zero-order chi connectivity index (χ0) is 18.2. The fourth-order valence-corrected chi connectivity index (χ4v) is 2.28. The van der Waals surface area contributed by atoms with E-state index in [-0.39, 0.29) is 11.6 Å². The summed E-state index contributed by atoms with van der Waals surface area (Å²) < 4.78 is 39.1. The molecule has 9 heteroatoms. The number of hydrogen-bond donors (Lipinski definition) is 1. The molecule has 25 heavy (non-hydrogen) atoms. The number of nitrogens with zero attached hydrogens (tertiary/aromatic N) is 4. The van der Waals surface area contributed by atoms with E-state index in [1.54, 1.807) is 19.1 Å². The van der Waals surface area contributed by atoms with E-state index in [0.717, 1.165) is 16.5 Å². The lowest BCUT2D eigenvalue weighted by atomic mass is 10.1. The molecule has 1 amide bonds. The average Bonchev–Trinajstić information content (AvgIpc) is 3.00. The Bertz CT molecular complexity index is 931. The normalized spacial score (nSPS) is 11.7. The lowest BCUT2D eigenvalue weighted by Gasteiger charge is -2.06. The average molecular weight is 349 g/mol. The number of carbonyl (C=O) groups is 1. The Morgan fingerprint density at radius 3 is 2.48 bits per heavy atom. The number of benzene rings is 1. The highest BCUT2D eigenvalue weighted by Gasteiger charge is 2.36. The third-order valence-corrected chi connectivity index (χ3v) is 3.61. The van der Waals surface area contributed by atoms with Gasteiger partial charge in [0.15, 0.2) is 0 Å². The molecule has 2 heterocycles. The summed E-state index contributed by atoms with van der Waals surface area (Å²) in [6.45, 7) is 3.56. The summed E-state index contributed by atoms with van der Waals surface area (Å²) in [5.74, 6) is -1.81. The standard InChI is InChI=1S/C16H14F3N5O/c1-3-10-4-6-11(7-5-10)13(25)20-12-8-9(2)24-15(21-12)22-14(23-24)16(17,18)19/h4-8H,3H2,1-2H3,(H,20,21,22,23,25). The maximum absolute atomic E-state index is 12.7. The lowest BCUT2D eigenvalue weighted by molar-refractivity contribution is -0.144. The minimum Gasteiger partial charge on any atom is -0.306 e. The van der Waals surface area contributed by atoms with Crippen molar-refractivity contribution in [3.63, 3.8) is 0 Å². The summed E-state index contributed by atoms with van der Waals surface area (Å²) in [7, 11) is 0. The van der Waals surface area contributed by atoms with Crippen molar-refractivity contribution < 1.29 is 18.0 Å². The van der Waals surface area contributed by atoms with Crippen LogP contribution in [-0.2, 0) is 12.6 Å².